The minimum atomic E-state index is -0.139. The van der Waals surface area contributed by atoms with E-state index in [0.29, 0.717) is 23.0 Å². The van der Waals surface area contributed by atoms with Crippen LogP contribution in [0.3, 0.4) is 0 Å². The molecule has 6 atom stereocenters. The third-order valence-electron chi connectivity index (χ3n) is 20.3. The summed E-state index contributed by atoms with van der Waals surface area (Å²) in [5.74, 6) is 0.829. The molecule has 7 aliphatic rings. The first-order valence-corrected chi connectivity index (χ1v) is 31.1. The van der Waals surface area contributed by atoms with Crippen molar-refractivity contribution in [2.24, 2.45) is 21.7 Å². The zero-order valence-electron chi connectivity index (χ0n) is 53.3. The topological polar surface area (TPSA) is 173 Å². The molecular weight excluding hydrogens is 1030 g/mol. The Morgan fingerprint density at radius 2 is 1.31 bits per heavy atom. The molecule has 0 radical (unpaired) electrons. The van der Waals surface area contributed by atoms with Crippen LogP contribution >= 0.6 is 0 Å². The average Bonchev–Trinajstić information content (AvgIpc) is 4.15. The number of carbonyl (C=O) groups is 3. The fourth-order valence-electron chi connectivity index (χ4n) is 14.9. The molecule has 1 saturated carbocycles. The summed E-state index contributed by atoms with van der Waals surface area (Å²) >= 11 is 0. The number of H-pyrrole nitrogens is 1. The van der Waals surface area contributed by atoms with Gasteiger partial charge in [-0.05, 0) is 189 Å². The molecule has 4 fully saturated rings. The van der Waals surface area contributed by atoms with E-state index in [2.05, 4.69) is 139 Å². The van der Waals surface area contributed by atoms with Gasteiger partial charge in [-0.3, -0.25) is 14.4 Å². The van der Waals surface area contributed by atoms with Crippen LogP contribution in [0.4, 0.5) is 5.69 Å². The summed E-state index contributed by atoms with van der Waals surface area (Å²) < 4.78 is 2.43. The Labute approximate surface area is 537 Å². The maximum Gasteiger partial charge on any atom is 1.00 e. The third-order valence-corrected chi connectivity index (χ3v) is 20.3. The van der Waals surface area contributed by atoms with Gasteiger partial charge >= 0.3 is 37.7 Å². The Hall–Kier alpha value is -3.34. The molecule has 0 spiro atoms. The number of aromatic amines is 1. The summed E-state index contributed by atoms with van der Waals surface area (Å²) in [4.78, 5) is 42.0. The Kier molecular flexibility index (Phi) is 32.9. The van der Waals surface area contributed by atoms with Crippen LogP contribution in [0.15, 0.2) is 98.8 Å². The van der Waals surface area contributed by atoms with Gasteiger partial charge in [0.25, 0.3) is 0 Å². The smallest absolute Gasteiger partial charge is 1.00 e. The van der Waals surface area contributed by atoms with E-state index in [4.69, 9.17) is 0 Å². The summed E-state index contributed by atoms with van der Waals surface area (Å²) in [5.41, 5.74) is 10.4. The van der Waals surface area contributed by atoms with Gasteiger partial charge in [-0.25, -0.2) is 0 Å². The molecule has 450 valence electrons. The van der Waals surface area contributed by atoms with Crippen LogP contribution in [-0.2, 0) is 39.2 Å². The second-order valence-electron chi connectivity index (χ2n) is 24.6. The molecule has 2 bridgehead atoms. The summed E-state index contributed by atoms with van der Waals surface area (Å²) in [5, 5.41) is 11.0. The standard InChI is InChI=1S/C19H22N2O.C19H26N2.C11H18O.C10H17NO.C10H19N.Al.2Li.2H2O.4H/c1-2-19-10-5-12-21-13-9-15(18(19)21)14-6-3-4-7-16(14)20-17(22)8-11-19;1-2-19-10-5-12-21(14-19)13-9-16-15-6-3-4-7-17(15)20-18(16)8-11-19;1-3-8-11(4-2)9-6-5-7-10(11)12;1-3-6-10(4-2)7-5-8-11-9(10)12;1-3-6-10(4-2)7-5-8-11-9-10;;;;;;;;;/h3-4,6-7,9,13H,2,5,8,10-12H2,1H3,(H,20,22);3-4,6-7,20H,2,5,8-14H2,1H3;3H,1,4-9H2,2H3;3H,1,4-8H2,2H3,(H,11,12);3,11H,1,4-9H2,2H3;;;;2*1H2;;;;/q;;;;;;2*+1;;;;;;-1/p-1/t2*19-;11-;2*10-;;;;;;;;;/m00111........./s1. The van der Waals surface area contributed by atoms with E-state index in [1.54, 1.807) is 5.56 Å². The predicted molar refractivity (Wildman–Crippen MR) is 345 cm³/mol. The molecule has 14 heteroatoms. The van der Waals surface area contributed by atoms with Crippen molar-refractivity contribution >= 4 is 51.5 Å². The molecule has 11 nitrogen and oxygen atoms in total. The zero-order chi connectivity index (χ0) is 55.7. The number of Topliss-reactive ketones (excluding diaryl/α,β-unsaturated/α-hetero) is 1. The van der Waals surface area contributed by atoms with Crippen LogP contribution in [0.2, 0.25) is 0 Å². The minimum absolute atomic E-state index is 0. The number of nitrogens with zero attached hydrogens (tertiary/aromatic N) is 2. The fraction of sp³-hybridized carbons (Fsp3) is 0.609. The molecule has 1 unspecified atom stereocenters. The SMILES string of the molecule is C=CC[C@]1(CC)CCCCC1=O.C=CC[C@]1(CC)CCCNC1.C=CC[C@]1(CC)CCCNC1=O.CC[C@@]12CCCn3ccc(c31)-c1ccccc1NC(=O)CC2.CC[C@]12CCCN(CCc3c([nH]c4ccccc34)CC1)C2.O.[AlH3].[H-].[Li+].[Li+].[OH-]. The number of hydrogen-bond donors (Lipinski definition) is 4. The van der Waals surface area contributed by atoms with Gasteiger partial charge in [-0.1, -0.05) is 95.7 Å². The first kappa shape index (κ1) is 75.8. The van der Waals surface area contributed by atoms with Crippen LogP contribution in [0.1, 0.15) is 201 Å². The molecule has 1 aliphatic carbocycles. The first-order chi connectivity index (χ1) is 37.9. The van der Waals surface area contributed by atoms with Crippen molar-refractivity contribution in [3.63, 3.8) is 0 Å². The summed E-state index contributed by atoms with van der Waals surface area (Å²) in [6, 6.07) is 19.3. The number of ketones is 1. The molecule has 7 N–H and O–H groups in total. The van der Waals surface area contributed by atoms with E-state index >= 15 is 0 Å². The third kappa shape index (κ3) is 18.4. The number of amides is 2. The number of hydrogen-bond acceptors (Lipinski definition) is 6. The van der Waals surface area contributed by atoms with E-state index in [1.807, 2.05) is 24.3 Å². The van der Waals surface area contributed by atoms with Crippen molar-refractivity contribution in [3.8, 4) is 11.1 Å². The summed E-state index contributed by atoms with van der Waals surface area (Å²) in [6.45, 7) is 30.6. The molecule has 3 saturated heterocycles. The molecular formula is C69H109AlLi2N6O5. The number of benzene rings is 2. The van der Waals surface area contributed by atoms with Crippen molar-refractivity contribution in [1.82, 2.24) is 25.1 Å². The van der Waals surface area contributed by atoms with E-state index in [0.717, 1.165) is 95.0 Å². The van der Waals surface area contributed by atoms with Gasteiger partial charge in [0.1, 0.15) is 5.78 Å². The minimum Gasteiger partial charge on any atom is -1.00 e. The van der Waals surface area contributed by atoms with E-state index in [9.17, 15) is 14.4 Å². The molecule has 4 aromatic rings. The van der Waals surface area contributed by atoms with Gasteiger partial charge < -0.3 is 42.8 Å². The quantitative estimate of drug-likeness (QED) is 0.0885. The zero-order valence-corrected chi connectivity index (χ0v) is 52.3. The van der Waals surface area contributed by atoms with Crippen LogP contribution in [0.25, 0.3) is 22.0 Å². The van der Waals surface area contributed by atoms with Crippen LogP contribution in [0.5, 0.6) is 0 Å². The van der Waals surface area contributed by atoms with Gasteiger partial charge in [-0.2, -0.15) is 0 Å². The average molecular weight is 1140 g/mol. The number of rotatable bonds is 11. The maximum absolute atomic E-state index is 12.3. The van der Waals surface area contributed by atoms with Gasteiger partial charge in [-0.15, -0.1) is 19.7 Å². The van der Waals surface area contributed by atoms with Crippen molar-refractivity contribution < 1.29 is 64.5 Å². The number of para-hydroxylation sites is 2. The van der Waals surface area contributed by atoms with Crippen molar-refractivity contribution in [3.05, 3.63) is 116 Å². The largest absolute Gasteiger partial charge is 1.00 e. The Balaban J connectivity index is 0.000000533. The number of fused-ring (bicyclic) bond motifs is 7. The second kappa shape index (κ2) is 36.1. The maximum atomic E-state index is 12.3. The van der Waals surface area contributed by atoms with Gasteiger partial charge in [0.2, 0.25) is 11.8 Å². The van der Waals surface area contributed by atoms with Crippen molar-refractivity contribution in [1.29, 1.82) is 0 Å². The molecule has 83 heavy (non-hydrogen) atoms. The number of aromatic nitrogens is 2. The normalized spacial score (nSPS) is 26.6. The van der Waals surface area contributed by atoms with Gasteiger partial charge in [0.05, 0.1) is 5.41 Å². The Morgan fingerprint density at radius 1 is 0.627 bits per heavy atom. The monoisotopic (exact) mass is 1140 g/mol. The van der Waals surface area contributed by atoms with Crippen molar-refractivity contribution in [2.45, 2.75) is 207 Å². The molecule has 6 aliphatic heterocycles. The van der Waals surface area contributed by atoms with Crippen LogP contribution in [0, 0.1) is 21.7 Å². The number of anilines is 1. The van der Waals surface area contributed by atoms with E-state index < -0.39 is 0 Å². The van der Waals surface area contributed by atoms with E-state index in [-0.39, 0.29) is 95.5 Å². The molecule has 8 heterocycles. The Bertz CT molecular complexity index is 2610. The van der Waals surface area contributed by atoms with Gasteiger partial charge in [0.15, 0.2) is 17.4 Å². The van der Waals surface area contributed by atoms with Crippen LogP contribution < -0.4 is 53.7 Å². The molecule has 2 amide bonds. The number of aryl methyl sites for hydroxylation is 2. The second-order valence-corrected chi connectivity index (χ2v) is 24.6. The molecule has 2 aromatic carbocycles. The molecule has 11 rings (SSSR count). The number of carbonyl (C=O) groups excluding carboxylic acids is 3. The van der Waals surface area contributed by atoms with E-state index in [1.165, 1.54) is 144 Å². The summed E-state index contributed by atoms with van der Waals surface area (Å²) in [6.07, 6.45) is 36.1. The van der Waals surface area contributed by atoms with Gasteiger partial charge in [0, 0.05) is 102 Å². The first-order valence-electron chi connectivity index (χ1n) is 31.1. The number of nitrogens with one attached hydrogen (secondary N) is 4. The predicted octanol–water partition coefficient (Wildman–Crippen LogP) is 7.73. The summed E-state index contributed by atoms with van der Waals surface area (Å²) in [7, 11) is 0. The van der Waals surface area contributed by atoms with Crippen LogP contribution in [-0.4, -0.2) is 99.6 Å². The number of piperidine rings is 3. The Morgan fingerprint density at radius 3 is 1.98 bits per heavy atom. The number of allylic oxidation sites excluding steroid dienone is 3. The fourth-order valence-corrected chi connectivity index (χ4v) is 14.9. The van der Waals surface area contributed by atoms with Crippen molar-refractivity contribution in [2.75, 3.05) is 44.6 Å². The molecule has 2 aromatic heterocycles.